The number of hydrogen-bond donors (Lipinski definition) is 2. The number of aryl methyl sites for hydroxylation is 1. The number of rotatable bonds is 2. The summed E-state index contributed by atoms with van der Waals surface area (Å²) in [7, 11) is 0. The van der Waals surface area contributed by atoms with E-state index in [9.17, 15) is 0 Å². The Morgan fingerprint density at radius 1 is 1.57 bits per heavy atom. The minimum absolute atomic E-state index is 0.505. The maximum Gasteiger partial charge on any atom is 0.0542 e. The molecule has 2 nitrogen and oxygen atoms in total. The van der Waals surface area contributed by atoms with E-state index in [0.29, 0.717) is 6.04 Å². The molecule has 0 aliphatic carbocycles. The number of halogens is 1. The zero-order valence-corrected chi connectivity index (χ0v) is 10.7. The van der Waals surface area contributed by atoms with Crippen LogP contribution < -0.4 is 10.6 Å². The third kappa shape index (κ3) is 2.19. The van der Waals surface area contributed by atoms with E-state index >= 15 is 0 Å². The van der Waals surface area contributed by atoms with Crippen molar-refractivity contribution >= 4 is 27.3 Å². The first-order valence-electron chi connectivity index (χ1n) is 5.03. The predicted molar refractivity (Wildman–Crippen MR) is 65.0 cm³/mol. The van der Waals surface area contributed by atoms with Crippen LogP contribution in [0.5, 0.6) is 0 Å². The van der Waals surface area contributed by atoms with Crippen molar-refractivity contribution in [2.75, 3.05) is 19.6 Å². The molecule has 0 aromatic carbocycles. The normalized spacial score (nSPS) is 22.6. The standard InChI is InChI=1S/C10H15BrN2S/c1-2-9-7(11)5-10(14-9)8-6-12-3-4-13-8/h5,8,12-13H,2-4,6H2,1H3/t8-/m1/s1. The van der Waals surface area contributed by atoms with Crippen molar-refractivity contribution in [3.63, 3.8) is 0 Å². The first-order chi connectivity index (χ1) is 6.81. The lowest BCUT2D eigenvalue weighted by atomic mass is 10.2. The van der Waals surface area contributed by atoms with Crippen LogP contribution in [0.4, 0.5) is 0 Å². The summed E-state index contributed by atoms with van der Waals surface area (Å²) in [6, 6.07) is 2.76. The van der Waals surface area contributed by atoms with Crippen molar-refractivity contribution in [2.45, 2.75) is 19.4 Å². The number of piperazine rings is 1. The summed E-state index contributed by atoms with van der Waals surface area (Å²) in [6.07, 6.45) is 1.12. The summed E-state index contributed by atoms with van der Waals surface area (Å²) >= 11 is 5.52. The number of nitrogens with one attached hydrogen (secondary N) is 2. The minimum Gasteiger partial charge on any atom is -0.314 e. The predicted octanol–water partition coefficient (Wildman–Crippen LogP) is 2.31. The SMILES string of the molecule is CCc1sc([C@H]2CNCCN2)cc1Br. The summed E-state index contributed by atoms with van der Waals surface area (Å²) in [5, 5.41) is 6.94. The number of thiophene rings is 1. The molecular formula is C10H15BrN2S. The fourth-order valence-electron chi connectivity index (χ4n) is 1.69. The fraction of sp³-hybridized carbons (Fsp3) is 0.600. The van der Waals surface area contributed by atoms with E-state index < -0.39 is 0 Å². The van der Waals surface area contributed by atoms with Crippen molar-refractivity contribution in [3.8, 4) is 0 Å². The largest absolute Gasteiger partial charge is 0.314 e. The second kappa shape index (κ2) is 4.75. The third-order valence-electron chi connectivity index (χ3n) is 2.48. The van der Waals surface area contributed by atoms with Gasteiger partial charge in [-0.3, -0.25) is 0 Å². The first kappa shape index (κ1) is 10.6. The molecule has 1 saturated heterocycles. The van der Waals surface area contributed by atoms with E-state index in [2.05, 4.69) is 39.6 Å². The Morgan fingerprint density at radius 2 is 2.43 bits per heavy atom. The zero-order chi connectivity index (χ0) is 9.97. The summed E-state index contributed by atoms with van der Waals surface area (Å²) in [4.78, 5) is 2.90. The van der Waals surface area contributed by atoms with Gasteiger partial charge in [-0.2, -0.15) is 0 Å². The maximum absolute atomic E-state index is 3.61. The lowest BCUT2D eigenvalue weighted by molar-refractivity contribution is 0.435. The molecule has 1 atom stereocenters. The Hall–Kier alpha value is 0.100. The van der Waals surface area contributed by atoms with Gasteiger partial charge < -0.3 is 10.6 Å². The minimum atomic E-state index is 0.505. The molecule has 14 heavy (non-hydrogen) atoms. The lowest BCUT2D eigenvalue weighted by Gasteiger charge is -2.23. The molecule has 1 aromatic rings. The third-order valence-corrected chi connectivity index (χ3v) is 4.84. The average Bonchev–Trinajstić information content (AvgIpc) is 2.61. The van der Waals surface area contributed by atoms with Gasteiger partial charge in [0.1, 0.15) is 0 Å². The average molecular weight is 275 g/mol. The lowest BCUT2D eigenvalue weighted by Crippen LogP contribution is -2.42. The molecule has 78 valence electrons. The van der Waals surface area contributed by atoms with Crippen molar-refractivity contribution in [1.29, 1.82) is 0 Å². The molecule has 0 amide bonds. The Morgan fingerprint density at radius 3 is 3.00 bits per heavy atom. The summed E-state index contributed by atoms with van der Waals surface area (Å²) in [5.74, 6) is 0. The van der Waals surface area contributed by atoms with Gasteiger partial charge in [-0.25, -0.2) is 0 Å². The molecule has 4 heteroatoms. The molecule has 0 spiro atoms. The van der Waals surface area contributed by atoms with Crippen molar-refractivity contribution in [2.24, 2.45) is 0 Å². The second-order valence-electron chi connectivity index (χ2n) is 3.48. The molecule has 2 rings (SSSR count). The van der Waals surface area contributed by atoms with Crippen LogP contribution in [0, 0.1) is 0 Å². The molecule has 1 aliphatic rings. The molecule has 0 radical (unpaired) electrons. The van der Waals surface area contributed by atoms with Gasteiger partial charge in [0.2, 0.25) is 0 Å². The van der Waals surface area contributed by atoms with Gasteiger partial charge in [-0.15, -0.1) is 11.3 Å². The molecule has 0 unspecified atom stereocenters. The highest BCUT2D eigenvalue weighted by Crippen LogP contribution is 2.31. The maximum atomic E-state index is 3.61. The first-order valence-corrected chi connectivity index (χ1v) is 6.64. The molecule has 0 saturated carbocycles. The zero-order valence-electron chi connectivity index (χ0n) is 8.27. The molecule has 1 aromatic heterocycles. The smallest absolute Gasteiger partial charge is 0.0542 e. The van der Waals surface area contributed by atoms with Gasteiger partial charge in [0.15, 0.2) is 0 Å². The van der Waals surface area contributed by atoms with Crippen molar-refractivity contribution in [3.05, 3.63) is 20.3 Å². The van der Waals surface area contributed by atoms with Crippen LogP contribution in [-0.2, 0) is 6.42 Å². The second-order valence-corrected chi connectivity index (χ2v) is 5.51. The van der Waals surface area contributed by atoms with Gasteiger partial charge in [0.05, 0.1) is 6.04 Å². The highest BCUT2D eigenvalue weighted by Gasteiger charge is 2.17. The van der Waals surface area contributed by atoms with Crippen LogP contribution >= 0.6 is 27.3 Å². The van der Waals surface area contributed by atoms with E-state index in [4.69, 9.17) is 0 Å². The highest BCUT2D eigenvalue weighted by atomic mass is 79.9. The van der Waals surface area contributed by atoms with Gasteiger partial charge in [0.25, 0.3) is 0 Å². The monoisotopic (exact) mass is 274 g/mol. The van der Waals surface area contributed by atoms with Crippen molar-refractivity contribution in [1.82, 2.24) is 10.6 Å². The van der Waals surface area contributed by atoms with E-state index in [0.717, 1.165) is 26.1 Å². The topological polar surface area (TPSA) is 24.1 Å². The number of hydrogen-bond acceptors (Lipinski definition) is 3. The molecule has 1 fully saturated rings. The highest BCUT2D eigenvalue weighted by molar-refractivity contribution is 9.10. The van der Waals surface area contributed by atoms with Crippen LogP contribution in [0.2, 0.25) is 0 Å². The summed E-state index contributed by atoms with van der Waals surface area (Å²) in [5.41, 5.74) is 0. The van der Waals surface area contributed by atoms with Crippen LogP contribution in [0.25, 0.3) is 0 Å². The fourth-order valence-corrected chi connectivity index (χ4v) is 3.69. The van der Waals surface area contributed by atoms with E-state index in [1.54, 1.807) is 0 Å². The Labute approximate surface area is 97.2 Å². The van der Waals surface area contributed by atoms with Crippen LogP contribution in [0.3, 0.4) is 0 Å². The van der Waals surface area contributed by atoms with Gasteiger partial charge >= 0.3 is 0 Å². The Balaban J connectivity index is 2.14. The van der Waals surface area contributed by atoms with Gasteiger partial charge in [-0.1, -0.05) is 6.92 Å². The van der Waals surface area contributed by atoms with Crippen molar-refractivity contribution < 1.29 is 0 Å². The molecule has 0 bridgehead atoms. The van der Waals surface area contributed by atoms with Crippen LogP contribution in [0.15, 0.2) is 10.5 Å². The van der Waals surface area contributed by atoms with Gasteiger partial charge in [-0.05, 0) is 28.4 Å². The molecule has 1 aliphatic heterocycles. The quantitative estimate of drug-likeness (QED) is 0.865. The Bertz CT molecular complexity index is 305. The molecule has 2 heterocycles. The van der Waals surface area contributed by atoms with E-state index in [1.807, 2.05) is 11.3 Å². The molecular weight excluding hydrogens is 260 g/mol. The van der Waals surface area contributed by atoms with E-state index in [1.165, 1.54) is 14.2 Å². The van der Waals surface area contributed by atoms with Crippen LogP contribution in [-0.4, -0.2) is 19.6 Å². The Kier molecular flexibility index (Phi) is 3.60. The van der Waals surface area contributed by atoms with E-state index in [-0.39, 0.29) is 0 Å². The van der Waals surface area contributed by atoms with Crippen LogP contribution in [0.1, 0.15) is 22.7 Å². The molecule has 2 N–H and O–H groups in total. The summed E-state index contributed by atoms with van der Waals surface area (Å²) in [6.45, 7) is 5.41. The van der Waals surface area contributed by atoms with Gasteiger partial charge in [0, 0.05) is 33.9 Å². The summed E-state index contributed by atoms with van der Waals surface area (Å²) < 4.78 is 1.27.